The average Bonchev–Trinajstić information content (AvgIpc) is 2.95. The molecule has 1 aliphatic heterocycles. The van der Waals surface area contributed by atoms with Crippen LogP contribution in [0.5, 0.6) is 5.75 Å². The van der Waals surface area contributed by atoms with Crippen LogP contribution < -0.4 is 10.1 Å². The van der Waals surface area contributed by atoms with Gasteiger partial charge in [-0.1, -0.05) is 12.1 Å². The van der Waals surface area contributed by atoms with Gasteiger partial charge in [-0.15, -0.1) is 0 Å². The zero-order chi connectivity index (χ0) is 16.4. The van der Waals surface area contributed by atoms with Crippen LogP contribution in [0, 0.1) is 13.8 Å². The molecule has 4 heteroatoms. The van der Waals surface area contributed by atoms with Gasteiger partial charge in [0.25, 0.3) is 0 Å². The van der Waals surface area contributed by atoms with Crippen LogP contribution in [0.25, 0.3) is 0 Å². The summed E-state index contributed by atoms with van der Waals surface area (Å²) in [4.78, 5) is 0. The molecule has 0 spiro atoms. The molecule has 2 aromatic rings. The molecule has 0 saturated heterocycles. The minimum atomic E-state index is -0.0614. The van der Waals surface area contributed by atoms with Crippen molar-refractivity contribution in [1.82, 2.24) is 15.1 Å². The maximum Gasteiger partial charge on any atom is 0.123 e. The van der Waals surface area contributed by atoms with Crippen molar-refractivity contribution in [3.8, 4) is 5.75 Å². The third-order valence-electron chi connectivity index (χ3n) is 4.28. The molecule has 124 valence electrons. The minimum Gasteiger partial charge on any atom is -0.487 e. The minimum absolute atomic E-state index is 0.0614. The normalized spacial score (nSPS) is 15.5. The van der Waals surface area contributed by atoms with E-state index in [0.29, 0.717) is 0 Å². The maximum absolute atomic E-state index is 5.92. The lowest BCUT2D eigenvalue weighted by atomic mass is 10.0. The van der Waals surface area contributed by atoms with Gasteiger partial charge in [0.1, 0.15) is 11.4 Å². The number of aromatic nitrogens is 2. The quantitative estimate of drug-likeness (QED) is 0.831. The van der Waals surface area contributed by atoms with Crippen molar-refractivity contribution in [2.45, 2.75) is 59.2 Å². The number of rotatable bonds is 6. The smallest absolute Gasteiger partial charge is 0.123 e. The molecule has 1 aromatic carbocycles. The van der Waals surface area contributed by atoms with E-state index in [0.717, 1.165) is 43.9 Å². The highest BCUT2D eigenvalue weighted by Gasteiger charge is 2.29. The van der Waals surface area contributed by atoms with E-state index in [2.05, 4.69) is 60.1 Å². The van der Waals surface area contributed by atoms with Gasteiger partial charge in [0.2, 0.25) is 0 Å². The lowest BCUT2D eigenvalue weighted by Gasteiger charge is -2.16. The molecule has 0 aliphatic carbocycles. The molecule has 0 bridgehead atoms. The molecule has 0 saturated carbocycles. The largest absolute Gasteiger partial charge is 0.487 e. The fourth-order valence-corrected chi connectivity index (χ4v) is 3.26. The predicted octanol–water partition coefficient (Wildman–Crippen LogP) is 3.39. The van der Waals surface area contributed by atoms with Crippen molar-refractivity contribution in [3.05, 3.63) is 46.8 Å². The van der Waals surface area contributed by atoms with Crippen LogP contribution >= 0.6 is 0 Å². The molecule has 2 heterocycles. The summed E-state index contributed by atoms with van der Waals surface area (Å²) in [7, 11) is 0. The second-order valence-electron chi connectivity index (χ2n) is 7.16. The Morgan fingerprint density at radius 2 is 2.09 bits per heavy atom. The fourth-order valence-electron chi connectivity index (χ4n) is 3.26. The van der Waals surface area contributed by atoms with Crippen molar-refractivity contribution in [3.63, 3.8) is 0 Å². The summed E-state index contributed by atoms with van der Waals surface area (Å²) in [6.07, 6.45) is 2.08. The van der Waals surface area contributed by atoms with Crippen LogP contribution in [-0.2, 0) is 19.5 Å². The first-order valence-corrected chi connectivity index (χ1v) is 8.45. The average molecular weight is 313 g/mol. The van der Waals surface area contributed by atoms with E-state index in [4.69, 9.17) is 4.74 Å². The highest BCUT2D eigenvalue weighted by molar-refractivity contribution is 5.41. The molecule has 0 radical (unpaired) electrons. The summed E-state index contributed by atoms with van der Waals surface area (Å²) >= 11 is 0. The highest BCUT2D eigenvalue weighted by atomic mass is 16.5. The van der Waals surface area contributed by atoms with Gasteiger partial charge in [-0.2, -0.15) is 5.10 Å². The van der Waals surface area contributed by atoms with Crippen molar-refractivity contribution >= 4 is 0 Å². The Labute approximate surface area is 138 Å². The summed E-state index contributed by atoms with van der Waals surface area (Å²) in [6, 6.07) is 8.67. The van der Waals surface area contributed by atoms with E-state index in [1.54, 1.807) is 0 Å². The molecule has 0 unspecified atom stereocenters. The van der Waals surface area contributed by atoms with E-state index in [9.17, 15) is 0 Å². The molecule has 23 heavy (non-hydrogen) atoms. The van der Waals surface area contributed by atoms with Crippen LogP contribution in [0.15, 0.2) is 24.3 Å². The van der Waals surface area contributed by atoms with Gasteiger partial charge in [0.15, 0.2) is 0 Å². The van der Waals surface area contributed by atoms with Gasteiger partial charge >= 0.3 is 0 Å². The van der Waals surface area contributed by atoms with Crippen molar-refractivity contribution in [2.75, 3.05) is 6.54 Å². The summed E-state index contributed by atoms with van der Waals surface area (Å²) in [5.74, 6) is 1.04. The van der Waals surface area contributed by atoms with Gasteiger partial charge in [-0.3, -0.25) is 4.68 Å². The van der Waals surface area contributed by atoms with E-state index in [-0.39, 0.29) is 5.60 Å². The number of hydrogen-bond acceptors (Lipinski definition) is 3. The first-order chi connectivity index (χ1) is 10.9. The number of fused-ring (bicyclic) bond motifs is 1. The summed E-state index contributed by atoms with van der Waals surface area (Å²) in [6.45, 7) is 11.3. The summed E-state index contributed by atoms with van der Waals surface area (Å²) < 4.78 is 8.01. The lowest BCUT2D eigenvalue weighted by molar-refractivity contribution is 0.138. The van der Waals surface area contributed by atoms with Crippen LogP contribution in [0.2, 0.25) is 0 Å². The van der Waals surface area contributed by atoms with Crippen molar-refractivity contribution < 1.29 is 4.74 Å². The zero-order valence-corrected chi connectivity index (χ0v) is 14.6. The SMILES string of the molecule is Cc1cc(C)n(CCCNCc2ccc3c(c2)CC(C)(C)O3)n1. The van der Waals surface area contributed by atoms with Gasteiger partial charge in [0.05, 0.1) is 5.69 Å². The monoisotopic (exact) mass is 313 g/mol. The second kappa shape index (κ2) is 6.36. The van der Waals surface area contributed by atoms with Crippen LogP contribution in [0.3, 0.4) is 0 Å². The van der Waals surface area contributed by atoms with Gasteiger partial charge < -0.3 is 10.1 Å². The molecule has 1 aliphatic rings. The molecule has 1 N–H and O–H groups in total. The van der Waals surface area contributed by atoms with Crippen LogP contribution in [0.4, 0.5) is 0 Å². The fraction of sp³-hybridized carbons (Fsp3) is 0.526. The standard InChI is InChI=1S/C19H27N3O/c1-14-10-15(2)22(21-14)9-5-8-20-13-16-6-7-18-17(11-16)12-19(3,4)23-18/h6-7,10-11,20H,5,8-9,12-13H2,1-4H3. The van der Waals surface area contributed by atoms with E-state index < -0.39 is 0 Å². The topological polar surface area (TPSA) is 39.1 Å². The van der Waals surface area contributed by atoms with E-state index >= 15 is 0 Å². The van der Waals surface area contributed by atoms with Crippen molar-refractivity contribution in [2.24, 2.45) is 0 Å². The number of nitrogens with zero attached hydrogens (tertiary/aromatic N) is 2. The number of aryl methyl sites for hydroxylation is 3. The highest BCUT2D eigenvalue weighted by Crippen LogP contribution is 2.35. The Morgan fingerprint density at radius 1 is 1.26 bits per heavy atom. The first kappa shape index (κ1) is 16.1. The number of nitrogens with one attached hydrogen (secondary N) is 1. The first-order valence-electron chi connectivity index (χ1n) is 8.45. The molecule has 0 amide bonds. The zero-order valence-electron chi connectivity index (χ0n) is 14.6. The Morgan fingerprint density at radius 3 is 2.83 bits per heavy atom. The van der Waals surface area contributed by atoms with Gasteiger partial charge in [-0.25, -0.2) is 0 Å². The van der Waals surface area contributed by atoms with Crippen LogP contribution in [-0.4, -0.2) is 21.9 Å². The molecular formula is C19H27N3O. The molecule has 4 nitrogen and oxygen atoms in total. The lowest BCUT2D eigenvalue weighted by Crippen LogP contribution is -2.24. The summed E-state index contributed by atoms with van der Waals surface area (Å²) in [5, 5.41) is 8.02. The Hall–Kier alpha value is -1.81. The molecule has 0 fully saturated rings. The summed E-state index contributed by atoms with van der Waals surface area (Å²) in [5.41, 5.74) is 4.93. The van der Waals surface area contributed by atoms with Crippen LogP contribution in [0.1, 0.15) is 42.8 Å². The Balaban J connectivity index is 1.44. The third-order valence-corrected chi connectivity index (χ3v) is 4.28. The molecule has 3 rings (SSSR count). The Bertz CT molecular complexity index is 688. The van der Waals surface area contributed by atoms with Gasteiger partial charge in [0, 0.05) is 25.2 Å². The predicted molar refractivity (Wildman–Crippen MR) is 92.9 cm³/mol. The second-order valence-corrected chi connectivity index (χ2v) is 7.16. The van der Waals surface area contributed by atoms with Crippen molar-refractivity contribution in [1.29, 1.82) is 0 Å². The van der Waals surface area contributed by atoms with E-state index in [1.807, 2.05) is 6.92 Å². The Kier molecular flexibility index (Phi) is 4.44. The number of hydrogen-bond donors (Lipinski definition) is 1. The molecule has 0 atom stereocenters. The van der Waals surface area contributed by atoms with Gasteiger partial charge in [-0.05, 0) is 63.9 Å². The van der Waals surface area contributed by atoms with E-state index in [1.165, 1.54) is 16.8 Å². The number of benzene rings is 1. The third kappa shape index (κ3) is 3.94. The molecule has 1 aromatic heterocycles. The maximum atomic E-state index is 5.92. The number of ether oxygens (including phenoxy) is 1. The molecular weight excluding hydrogens is 286 g/mol.